The highest BCUT2D eigenvalue weighted by molar-refractivity contribution is 7.90. The zero-order chi connectivity index (χ0) is 15.6. The van der Waals surface area contributed by atoms with Crippen LogP contribution in [0, 0.1) is 0 Å². The molecular weight excluding hydrogens is 288 g/mol. The molecule has 2 N–H and O–H groups in total. The molecule has 0 fully saturated rings. The van der Waals surface area contributed by atoms with Crippen LogP contribution < -0.4 is 15.4 Å². The van der Waals surface area contributed by atoms with Gasteiger partial charge in [0, 0.05) is 13.3 Å². The van der Waals surface area contributed by atoms with E-state index in [0.29, 0.717) is 11.4 Å². The Kier molecular flexibility index (Phi) is 4.09. The minimum Gasteiger partial charge on any atom is -0.495 e. The maximum Gasteiger partial charge on any atom is 0.177 e. The summed E-state index contributed by atoms with van der Waals surface area (Å²) in [5, 5.41) is 0. The molecule has 0 unspecified atom stereocenters. The smallest absolute Gasteiger partial charge is 0.177 e. The van der Waals surface area contributed by atoms with Crippen LogP contribution in [0.4, 0.5) is 17.1 Å². The van der Waals surface area contributed by atoms with Crippen LogP contribution in [-0.2, 0) is 9.84 Å². The van der Waals surface area contributed by atoms with E-state index in [2.05, 4.69) is 0 Å². The Morgan fingerprint density at radius 2 is 1.67 bits per heavy atom. The number of sulfone groups is 1. The van der Waals surface area contributed by atoms with E-state index in [1.807, 2.05) is 36.2 Å². The Morgan fingerprint density at radius 1 is 1.05 bits per heavy atom. The average molecular weight is 306 g/mol. The summed E-state index contributed by atoms with van der Waals surface area (Å²) in [6.45, 7) is 0. The van der Waals surface area contributed by atoms with Gasteiger partial charge in [0.2, 0.25) is 0 Å². The summed E-state index contributed by atoms with van der Waals surface area (Å²) in [5.74, 6) is 0.684. The summed E-state index contributed by atoms with van der Waals surface area (Å²) in [6.07, 6.45) is 1.14. The van der Waals surface area contributed by atoms with Crippen LogP contribution in [0.1, 0.15) is 0 Å². The molecule has 0 saturated carbocycles. The Morgan fingerprint density at radius 3 is 2.29 bits per heavy atom. The van der Waals surface area contributed by atoms with Gasteiger partial charge in [0.15, 0.2) is 9.84 Å². The highest BCUT2D eigenvalue weighted by Crippen LogP contribution is 2.37. The number of nitrogen functional groups attached to an aromatic ring is 1. The first-order valence-electron chi connectivity index (χ1n) is 6.31. The summed E-state index contributed by atoms with van der Waals surface area (Å²) in [4.78, 5) is 1.93. The lowest BCUT2D eigenvalue weighted by molar-refractivity contribution is 0.415. The van der Waals surface area contributed by atoms with E-state index in [0.717, 1.165) is 11.9 Å². The number of rotatable bonds is 4. The van der Waals surface area contributed by atoms with Crippen LogP contribution in [0.15, 0.2) is 47.4 Å². The predicted molar refractivity (Wildman–Crippen MR) is 85.0 cm³/mol. The maximum absolute atomic E-state index is 11.8. The van der Waals surface area contributed by atoms with Gasteiger partial charge in [-0.25, -0.2) is 8.42 Å². The van der Waals surface area contributed by atoms with Crippen molar-refractivity contribution >= 4 is 26.9 Å². The SMILES string of the molecule is COc1ccccc1N(C)c1cccc(S(C)(=O)=O)c1N. The van der Waals surface area contributed by atoms with Crippen LogP contribution >= 0.6 is 0 Å². The number of para-hydroxylation sites is 3. The third-order valence-electron chi connectivity index (χ3n) is 3.25. The largest absolute Gasteiger partial charge is 0.495 e. The molecule has 2 rings (SSSR count). The first-order chi connectivity index (χ1) is 9.86. The first kappa shape index (κ1) is 15.2. The van der Waals surface area contributed by atoms with E-state index in [1.54, 1.807) is 19.2 Å². The molecule has 0 amide bonds. The molecule has 0 heterocycles. The predicted octanol–water partition coefficient (Wildman–Crippen LogP) is 2.45. The van der Waals surface area contributed by atoms with Gasteiger partial charge in [0.05, 0.1) is 29.1 Å². The number of anilines is 3. The fourth-order valence-corrected chi connectivity index (χ4v) is 3.01. The van der Waals surface area contributed by atoms with Crippen molar-refractivity contribution in [3.05, 3.63) is 42.5 Å². The fourth-order valence-electron chi connectivity index (χ4n) is 2.18. The summed E-state index contributed by atoms with van der Waals surface area (Å²) < 4.78 is 28.9. The molecule has 112 valence electrons. The zero-order valence-corrected chi connectivity index (χ0v) is 13.0. The van der Waals surface area contributed by atoms with Crippen LogP contribution in [-0.4, -0.2) is 28.8 Å². The van der Waals surface area contributed by atoms with Crippen molar-refractivity contribution in [2.24, 2.45) is 0 Å². The molecule has 0 aliphatic heterocycles. The second-order valence-corrected chi connectivity index (χ2v) is 6.68. The van der Waals surface area contributed by atoms with Crippen molar-refractivity contribution in [2.45, 2.75) is 4.90 Å². The summed E-state index contributed by atoms with van der Waals surface area (Å²) in [6, 6.07) is 12.4. The van der Waals surface area contributed by atoms with Crippen LogP contribution in [0.25, 0.3) is 0 Å². The molecule has 6 heteroatoms. The Bertz CT molecular complexity index is 757. The van der Waals surface area contributed by atoms with Crippen molar-refractivity contribution in [2.75, 3.05) is 31.0 Å². The minimum absolute atomic E-state index is 0.127. The quantitative estimate of drug-likeness (QED) is 0.878. The minimum atomic E-state index is -3.37. The molecule has 0 spiro atoms. The number of hydrogen-bond donors (Lipinski definition) is 1. The fraction of sp³-hybridized carbons (Fsp3) is 0.200. The average Bonchev–Trinajstić information content (AvgIpc) is 2.45. The second kappa shape index (κ2) is 5.65. The lowest BCUT2D eigenvalue weighted by atomic mass is 10.2. The third kappa shape index (κ3) is 2.95. The Balaban J connectivity index is 2.57. The van der Waals surface area contributed by atoms with Gasteiger partial charge in [-0.2, -0.15) is 0 Å². The standard InChI is InChI=1S/C15H18N2O3S/c1-17(11-7-4-5-9-13(11)20-2)12-8-6-10-14(15(12)16)21(3,18)19/h4-10H,16H2,1-3H3. The van der Waals surface area contributed by atoms with Gasteiger partial charge in [-0.15, -0.1) is 0 Å². The van der Waals surface area contributed by atoms with Crippen LogP contribution in [0.5, 0.6) is 5.75 Å². The van der Waals surface area contributed by atoms with Crippen LogP contribution in [0.3, 0.4) is 0 Å². The molecular formula is C15H18N2O3S. The Hall–Kier alpha value is -2.21. The molecule has 0 radical (unpaired) electrons. The van der Waals surface area contributed by atoms with Gasteiger partial charge >= 0.3 is 0 Å². The number of hydrogen-bond acceptors (Lipinski definition) is 5. The summed E-state index contributed by atoms with van der Waals surface area (Å²) >= 11 is 0. The van der Waals surface area contributed by atoms with E-state index >= 15 is 0 Å². The highest BCUT2D eigenvalue weighted by Gasteiger charge is 2.18. The zero-order valence-electron chi connectivity index (χ0n) is 12.2. The molecule has 0 aliphatic carbocycles. The van der Waals surface area contributed by atoms with Gasteiger partial charge in [-0.1, -0.05) is 18.2 Å². The number of nitrogens with two attached hydrogens (primary N) is 1. The summed E-state index contributed by atoms with van der Waals surface area (Å²) in [7, 11) is 0.0310. The second-order valence-electron chi connectivity index (χ2n) is 4.69. The van der Waals surface area contributed by atoms with Crippen LogP contribution in [0.2, 0.25) is 0 Å². The molecule has 21 heavy (non-hydrogen) atoms. The number of benzene rings is 2. The monoisotopic (exact) mass is 306 g/mol. The lowest BCUT2D eigenvalue weighted by Gasteiger charge is -2.24. The molecule has 2 aromatic rings. The van der Waals surface area contributed by atoms with Gasteiger partial charge in [-0.05, 0) is 24.3 Å². The van der Waals surface area contributed by atoms with Gasteiger partial charge < -0.3 is 15.4 Å². The topological polar surface area (TPSA) is 72.6 Å². The molecule has 5 nitrogen and oxygen atoms in total. The van der Waals surface area contributed by atoms with Gasteiger partial charge in [0.1, 0.15) is 5.75 Å². The maximum atomic E-state index is 11.8. The van der Waals surface area contributed by atoms with Crippen molar-refractivity contribution in [1.82, 2.24) is 0 Å². The number of ether oxygens (including phenoxy) is 1. The molecule has 0 bridgehead atoms. The first-order valence-corrected chi connectivity index (χ1v) is 8.20. The van der Waals surface area contributed by atoms with Crippen molar-refractivity contribution in [3.8, 4) is 5.75 Å². The number of nitrogens with zero attached hydrogens (tertiary/aromatic N) is 1. The third-order valence-corrected chi connectivity index (χ3v) is 4.41. The molecule has 2 aromatic carbocycles. The number of methoxy groups -OCH3 is 1. The molecule has 0 aromatic heterocycles. The van der Waals surface area contributed by atoms with E-state index < -0.39 is 9.84 Å². The van der Waals surface area contributed by atoms with Gasteiger partial charge in [-0.3, -0.25) is 0 Å². The van der Waals surface area contributed by atoms with E-state index in [9.17, 15) is 8.42 Å². The molecule has 0 saturated heterocycles. The lowest BCUT2D eigenvalue weighted by Crippen LogP contribution is -2.14. The van der Waals surface area contributed by atoms with E-state index in [-0.39, 0.29) is 10.6 Å². The molecule has 0 aliphatic rings. The highest BCUT2D eigenvalue weighted by atomic mass is 32.2. The van der Waals surface area contributed by atoms with E-state index in [1.165, 1.54) is 6.07 Å². The normalized spacial score (nSPS) is 11.2. The van der Waals surface area contributed by atoms with Crippen molar-refractivity contribution in [3.63, 3.8) is 0 Å². The molecule has 0 atom stereocenters. The summed E-state index contributed by atoms with van der Waals surface area (Å²) in [5.41, 5.74) is 7.68. The van der Waals surface area contributed by atoms with Crippen molar-refractivity contribution in [1.29, 1.82) is 0 Å². The van der Waals surface area contributed by atoms with Gasteiger partial charge in [0.25, 0.3) is 0 Å². The van der Waals surface area contributed by atoms with E-state index in [4.69, 9.17) is 10.5 Å². The Labute approximate surface area is 124 Å². The van der Waals surface area contributed by atoms with Crippen molar-refractivity contribution < 1.29 is 13.2 Å².